The van der Waals surface area contributed by atoms with E-state index in [4.69, 9.17) is 0 Å². The van der Waals surface area contributed by atoms with Crippen LogP contribution in [-0.2, 0) is 10.2 Å². The van der Waals surface area contributed by atoms with Crippen LogP contribution < -0.4 is 0 Å². The molecule has 0 bridgehead atoms. The van der Waals surface area contributed by atoms with Gasteiger partial charge in [0.05, 0.1) is 12.6 Å². The molecule has 2 aliphatic heterocycles. The van der Waals surface area contributed by atoms with Gasteiger partial charge in [-0.05, 0) is 30.4 Å². The molecule has 4 rings (SSSR count). The van der Waals surface area contributed by atoms with Crippen LogP contribution in [0.2, 0.25) is 0 Å². The van der Waals surface area contributed by atoms with Gasteiger partial charge in [-0.3, -0.25) is 9.69 Å². The lowest BCUT2D eigenvalue weighted by Gasteiger charge is -2.37. The van der Waals surface area contributed by atoms with E-state index in [0.29, 0.717) is 6.54 Å². The lowest BCUT2D eigenvalue weighted by atomic mass is 9.73. The number of benzene rings is 2. The summed E-state index contributed by atoms with van der Waals surface area (Å²) in [6.45, 7) is 6.97. The molecule has 31 heavy (non-hydrogen) atoms. The SMILES string of the molecule is N#CC(CCN1CCN(CC(=O)N2CCCC2)CC1)(c1ccccc1)c1ccccc1. The molecule has 2 saturated heterocycles. The van der Waals surface area contributed by atoms with Gasteiger partial charge in [0.2, 0.25) is 5.91 Å². The fourth-order valence-electron chi connectivity index (χ4n) is 4.84. The lowest BCUT2D eigenvalue weighted by Crippen LogP contribution is -2.50. The highest BCUT2D eigenvalue weighted by Gasteiger charge is 2.35. The first-order valence-electron chi connectivity index (χ1n) is 11.5. The maximum absolute atomic E-state index is 12.4. The summed E-state index contributed by atoms with van der Waals surface area (Å²) in [5.41, 5.74) is 1.46. The van der Waals surface area contributed by atoms with Crippen molar-refractivity contribution in [3.63, 3.8) is 0 Å². The Bertz CT molecular complexity index is 839. The average Bonchev–Trinajstić information content (AvgIpc) is 3.38. The second kappa shape index (κ2) is 10.1. The Labute approximate surface area is 185 Å². The third-order valence-corrected chi connectivity index (χ3v) is 6.81. The van der Waals surface area contributed by atoms with Crippen molar-refractivity contribution >= 4 is 5.91 Å². The molecular formula is C26H32N4O. The Morgan fingerprint density at radius 2 is 1.32 bits per heavy atom. The average molecular weight is 417 g/mol. The summed E-state index contributed by atoms with van der Waals surface area (Å²) in [5, 5.41) is 10.3. The largest absolute Gasteiger partial charge is 0.342 e. The van der Waals surface area contributed by atoms with E-state index in [1.807, 2.05) is 41.3 Å². The van der Waals surface area contributed by atoms with Gasteiger partial charge in [-0.15, -0.1) is 0 Å². The van der Waals surface area contributed by atoms with Gasteiger partial charge in [0.15, 0.2) is 0 Å². The molecule has 0 radical (unpaired) electrons. The van der Waals surface area contributed by atoms with Crippen molar-refractivity contribution in [3.8, 4) is 6.07 Å². The summed E-state index contributed by atoms with van der Waals surface area (Å²) in [6, 6.07) is 23.0. The molecular weight excluding hydrogens is 384 g/mol. The van der Waals surface area contributed by atoms with Gasteiger partial charge < -0.3 is 9.80 Å². The molecule has 0 atom stereocenters. The number of hydrogen-bond donors (Lipinski definition) is 0. The highest BCUT2D eigenvalue weighted by molar-refractivity contribution is 5.78. The molecule has 0 unspecified atom stereocenters. The van der Waals surface area contributed by atoms with Crippen LogP contribution in [0, 0.1) is 11.3 Å². The molecule has 2 aromatic rings. The number of rotatable bonds is 7. The molecule has 2 aliphatic rings. The zero-order valence-corrected chi connectivity index (χ0v) is 18.2. The smallest absolute Gasteiger partial charge is 0.236 e. The van der Waals surface area contributed by atoms with Gasteiger partial charge in [-0.25, -0.2) is 0 Å². The number of hydrogen-bond acceptors (Lipinski definition) is 4. The number of carbonyl (C=O) groups excluding carboxylic acids is 1. The Morgan fingerprint density at radius 1 is 0.806 bits per heavy atom. The third-order valence-electron chi connectivity index (χ3n) is 6.81. The van der Waals surface area contributed by atoms with E-state index < -0.39 is 5.41 Å². The van der Waals surface area contributed by atoms with Crippen LogP contribution in [0.3, 0.4) is 0 Å². The Balaban J connectivity index is 1.37. The molecule has 0 saturated carbocycles. The summed E-state index contributed by atoms with van der Waals surface area (Å²) in [5.74, 6) is 0.280. The Kier molecular flexibility index (Phi) is 7.01. The first kappa shape index (κ1) is 21.5. The van der Waals surface area contributed by atoms with Gasteiger partial charge in [0.25, 0.3) is 0 Å². The molecule has 2 fully saturated rings. The van der Waals surface area contributed by atoms with Crippen LogP contribution in [0.1, 0.15) is 30.4 Å². The minimum atomic E-state index is -0.647. The van der Waals surface area contributed by atoms with Crippen molar-refractivity contribution in [3.05, 3.63) is 71.8 Å². The fraction of sp³-hybridized carbons (Fsp3) is 0.462. The normalized spacial score (nSPS) is 18.1. The Morgan fingerprint density at radius 3 is 1.84 bits per heavy atom. The number of amides is 1. The lowest BCUT2D eigenvalue weighted by molar-refractivity contribution is -0.131. The molecule has 0 aromatic heterocycles. The van der Waals surface area contributed by atoms with Crippen molar-refractivity contribution in [1.82, 2.24) is 14.7 Å². The maximum Gasteiger partial charge on any atom is 0.236 e. The standard InChI is InChI=1S/C26H32N4O/c27-22-26(23-9-3-1-4-10-23,24-11-5-2-6-12-24)13-16-28-17-19-29(20-18-28)21-25(31)30-14-7-8-15-30/h1-6,9-12H,7-8,13-21H2. The minimum Gasteiger partial charge on any atom is -0.342 e. The second-order valence-electron chi connectivity index (χ2n) is 8.70. The van der Waals surface area contributed by atoms with Crippen LogP contribution in [0.5, 0.6) is 0 Å². The van der Waals surface area contributed by atoms with Crippen molar-refractivity contribution in [2.24, 2.45) is 0 Å². The highest BCUT2D eigenvalue weighted by atomic mass is 16.2. The molecule has 0 spiro atoms. The van der Waals surface area contributed by atoms with E-state index in [1.54, 1.807) is 0 Å². The number of carbonyl (C=O) groups is 1. The summed E-state index contributed by atoms with van der Waals surface area (Å²) in [7, 11) is 0. The highest BCUT2D eigenvalue weighted by Crippen LogP contribution is 2.35. The van der Waals surface area contributed by atoms with E-state index in [1.165, 1.54) is 0 Å². The van der Waals surface area contributed by atoms with Crippen LogP contribution in [0.15, 0.2) is 60.7 Å². The Hall–Kier alpha value is -2.68. The molecule has 1 amide bonds. The predicted octanol–water partition coefficient (Wildman–Crippen LogP) is 3.13. The van der Waals surface area contributed by atoms with Crippen molar-refractivity contribution in [2.45, 2.75) is 24.7 Å². The number of piperazine rings is 1. The third kappa shape index (κ3) is 4.98. The zero-order chi connectivity index (χ0) is 21.5. The van der Waals surface area contributed by atoms with Crippen molar-refractivity contribution in [2.75, 3.05) is 52.4 Å². The number of likely N-dealkylation sites (tertiary alicyclic amines) is 1. The van der Waals surface area contributed by atoms with Gasteiger partial charge in [-0.1, -0.05) is 60.7 Å². The first-order valence-corrected chi connectivity index (χ1v) is 11.5. The molecule has 5 nitrogen and oxygen atoms in total. The van der Waals surface area contributed by atoms with Gasteiger partial charge >= 0.3 is 0 Å². The van der Waals surface area contributed by atoms with E-state index in [9.17, 15) is 10.1 Å². The van der Waals surface area contributed by atoms with Crippen LogP contribution in [0.25, 0.3) is 0 Å². The topological polar surface area (TPSA) is 50.6 Å². The summed E-state index contributed by atoms with van der Waals surface area (Å²) in [4.78, 5) is 19.2. The summed E-state index contributed by atoms with van der Waals surface area (Å²) in [6.07, 6.45) is 3.04. The monoisotopic (exact) mass is 416 g/mol. The van der Waals surface area contributed by atoms with Gasteiger partial charge in [-0.2, -0.15) is 5.26 Å². The van der Waals surface area contributed by atoms with E-state index >= 15 is 0 Å². The summed E-state index contributed by atoms with van der Waals surface area (Å²) < 4.78 is 0. The first-order chi connectivity index (χ1) is 15.2. The minimum absolute atomic E-state index is 0.280. The quantitative estimate of drug-likeness (QED) is 0.696. The van der Waals surface area contributed by atoms with E-state index in [2.05, 4.69) is 40.1 Å². The van der Waals surface area contributed by atoms with E-state index in [0.717, 1.165) is 76.2 Å². The molecule has 0 N–H and O–H groups in total. The summed E-state index contributed by atoms with van der Waals surface area (Å²) >= 11 is 0. The molecule has 2 aromatic carbocycles. The fourth-order valence-corrected chi connectivity index (χ4v) is 4.84. The second-order valence-corrected chi connectivity index (χ2v) is 8.70. The maximum atomic E-state index is 12.4. The number of nitrogens with zero attached hydrogens (tertiary/aromatic N) is 4. The van der Waals surface area contributed by atoms with Crippen LogP contribution >= 0.6 is 0 Å². The number of nitriles is 1. The zero-order valence-electron chi connectivity index (χ0n) is 18.2. The molecule has 162 valence electrons. The van der Waals surface area contributed by atoms with Gasteiger partial charge in [0, 0.05) is 45.8 Å². The van der Waals surface area contributed by atoms with E-state index in [-0.39, 0.29) is 5.91 Å². The predicted molar refractivity (Wildman–Crippen MR) is 123 cm³/mol. The van der Waals surface area contributed by atoms with Crippen molar-refractivity contribution < 1.29 is 4.79 Å². The van der Waals surface area contributed by atoms with Crippen LogP contribution in [0.4, 0.5) is 0 Å². The van der Waals surface area contributed by atoms with Crippen molar-refractivity contribution in [1.29, 1.82) is 5.26 Å². The van der Waals surface area contributed by atoms with Gasteiger partial charge in [0.1, 0.15) is 5.41 Å². The molecule has 2 heterocycles. The molecule has 0 aliphatic carbocycles. The molecule has 5 heteroatoms. The van der Waals surface area contributed by atoms with Crippen LogP contribution in [-0.4, -0.2) is 73.0 Å².